The summed E-state index contributed by atoms with van der Waals surface area (Å²) in [5.41, 5.74) is -1.26. The predicted molar refractivity (Wildman–Crippen MR) is 69.5 cm³/mol. The Kier molecular flexibility index (Phi) is 5.13. The maximum Gasteiger partial charge on any atom is 0.394 e. The molecule has 0 radical (unpaired) electrons. The first-order valence-corrected chi connectivity index (χ1v) is 7.23. The van der Waals surface area contributed by atoms with E-state index in [1.165, 1.54) is 6.92 Å². The summed E-state index contributed by atoms with van der Waals surface area (Å²) in [5, 5.41) is 0. The van der Waals surface area contributed by atoms with E-state index in [-0.39, 0.29) is 5.41 Å². The van der Waals surface area contributed by atoms with Crippen LogP contribution in [0.25, 0.3) is 0 Å². The van der Waals surface area contributed by atoms with E-state index in [9.17, 15) is 13.2 Å². The lowest BCUT2D eigenvalue weighted by Gasteiger charge is -2.33. The molecular weight excluding hydrogens is 237 g/mol. The van der Waals surface area contributed by atoms with E-state index >= 15 is 0 Å². The maximum atomic E-state index is 13.2. The van der Waals surface area contributed by atoms with Gasteiger partial charge in [0.15, 0.2) is 0 Å². The molecule has 0 heterocycles. The van der Waals surface area contributed by atoms with Crippen molar-refractivity contribution in [3.63, 3.8) is 0 Å². The van der Waals surface area contributed by atoms with Gasteiger partial charge in [-0.1, -0.05) is 52.9 Å². The van der Waals surface area contributed by atoms with Gasteiger partial charge in [-0.05, 0) is 31.1 Å². The van der Waals surface area contributed by atoms with Crippen molar-refractivity contribution in [3.05, 3.63) is 0 Å². The summed E-state index contributed by atoms with van der Waals surface area (Å²) in [6.45, 7) is 5.80. The Labute approximate surface area is 109 Å². The normalized spacial score (nSPS) is 31.7. The van der Waals surface area contributed by atoms with E-state index in [2.05, 4.69) is 13.8 Å². The van der Waals surface area contributed by atoms with Crippen molar-refractivity contribution < 1.29 is 13.2 Å². The van der Waals surface area contributed by atoms with Crippen molar-refractivity contribution in [2.24, 2.45) is 10.8 Å². The molecule has 0 aliphatic heterocycles. The van der Waals surface area contributed by atoms with E-state index < -0.39 is 11.6 Å². The maximum absolute atomic E-state index is 13.2. The molecule has 18 heavy (non-hydrogen) atoms. The van der Waals surface area contributed by atoms with Gasteiger partial charge in [-0.2, -0.15) is 13.2 Å². The topological polar surface area (TPSA) is 0 Å². The van der Waals surface area contributed by atoms with E-state index in [1.807, 2.05) is 0 Å². The molecule has 0 spiro atoms. The molecule has 1 aliphatic rings. The summed E-state index contributed by atoms with van der Waals surface area (Å²) in [4.78, 5) is 0. The molecule has 1 saturated carbocycles. The summed E-state index contributed by atoms with van der Waals surface area (Å²) in [7, 11) is 0. The molecule has 0 aromatic rings. The van der Waals surface area contributed by atoms with Crippen LogP contribution in [0.5, 0.6) is 0 Å². The van der Waals surface area contributed by atoms with Crippen molar-refractivity contribution in [2.45, 2.75) is 84.7 Å². The van der Waals surface area contributed by atoms with Crippen molar-refractivity contribution >= 4 is 0 Å². The fraction of sp³-hybridized carbons (Fsp3) is 1.00. The number of alkyl halides is 3. The van der Waals surface area contributed by atoms with E-state index in [4.69, 9.17) is 0 Å². The molecule has 1 fully saturated rings. The largest absolute Gasteiger partial charge is 0.394 e. The van der Waals surface area contributed by atoms with Gasteiger partial charge in [0.1, 0.15) is 0 Å². The second-order valence-electron chi connectivity index (χ2n) is 6.99. The zero-order valence-electron chi connectivity index (χ0n) is 12.0. The zero-order valence-corrected chi connectivity index (χ0v) is 12.0. The van der Waals surface area contributed by atoms with Gasteiger partial charge >= 0.3 is 6.18 Å². The van der Waals surface area contributed by atoms with Gasteiger partial charge in [0.25, 0.3) is 0 Å². The fourth-order valence-corrected chi connectivity index (χ4v) is 2.96. The summed E-state index contributed by atoms with van der Waals surface area (Å²) >= 11 is 0. The van der Waals surface area contributed by atoms with Gasteiger partial charge in [0.2, 0.25) is 0 Å². The van der Waals surface area contributed by atoms with Crippen LogP contribution in [0.15, 0.2) is 0 Å². The monoisotopic (exact) mass is 264 g/mol. The minimum Gasteiger partial charge on any atom is -0.171 e. The van der Waals surface area contributed by atoms with Crippen molar-refractivity contribution in [3.8, 4) is 0 Å². The highest BCUT2D eigenvalue weighted by molar-refractivity contribution is 4.83. The molecule has 0 N–H and O–H groups in total. The highest BCUT2D eigenvalue weighted by Crippen LogP contribution is 2.47. The van der Waals surface area contributed by atoms with Crippen molar-refractivity contribution in [1.82, 2.24) is 0 Å². The summed E-state index contributed by atoms with van der Waals surface area (Å²) in [5.74, 6) is 0. The van der Waals surface area contributed by atoms with Gasteiger partial charge in [0.05, 0.1) is 5.41 Å². The first kappa shape index (κ1) is 15.8. The highest BCUT2D eigenvalue weighted by atomic mass is 19.4. The Morgan fingerprint density at radius 1 is 0.667 bits per heavy atom. The van der Waals surface area contributed by atoms with E-state index in [0.29, 0.717) is 19.3 Å². The lowest BCUT2D eigenvalue weighted by Crippen LogP contribution is -2.35. The van der Waals surface area contributed by atoms with Gasteiger partial charge in [-0.25, -0.2) is 0 Å². The first-order chi connectivity index (χ1) is 8.16. The van der Waals surface area contributed by atoms with Crippen LogP contribution in [-0.4, -0.2) is 6.18 Å². The van der Waals surface area contributed by atoms with Crippen LogP contribution in [0.3, 0.4) is 0 Å². The average molecular weight is 264 g/mol. The van der Waals surface area contributed by atoms with Crippen LogP contribution >= 0.6 is 0 Å². The molecule has 0 aromatic heterocycles. The van der Waals surface area contributed by atoms with Gasteiger partial charge in [-0.15, -0.1) is 0 Å². The van der Waals surface area contributed by atoms with Crippen LogP contribution in [0.1, 0.15) is 78.6 Å². The number of hydrogen-bond donors (Lipinski definition) is 0. The highest BCUT2D eigenvalue weighted by Gasteiger charge is 2.49. The molecular formula is C15H27F3. The molecule has 0 saturated heterocycles. The minimum absolute atomic E-state index is 0.205. The molecule has 0 amide bonds. The van der Waals surface area contributed by atoms with Crippen LogP contribution in [0, 0.1) is 10.8 Å². The Bertz CT molecular complexity index is 255. The van der Waals surface area contributed by atoms with Crippen LogP contribution in [0.2, 0.25) is 0 Å². The van der Waals surface area contributed by atoms with Gasteiger partial charge in [0, 0.05) is 0 Å². The molecule has 108 valence electrons. The van der Waals surface area contributed by atoms with Crippen LogP contribution < -0.4 is 0 Å². The second-order valence-corrected chi connectivity index (χ2v) is 6.99. The predicted octanol–water partition coefficient (Wildman–Crippen LogP) is 6.11. The Morgan fingerprint density at radius 2 is 1.11 bits per heavy atom. The molecule has 0 bridgehead atoms. The smallest absolute Gasteiger partial charge is 0.171 e. The van der Waals surface area contributed by atoms with E-state index in [0.717, 1.165) is 38.5 Å². The van der Waals surface area contributed by atoms with Crippen molar-refractivity contribution in [2.75, 3.05) is 0 Å². The van der Waals surface area contributed by atoms with Crippen LogP contribution in [-0.2, 0) is 0 Å². The number of halogens is 3. The summed E-state index contributed by atoms with van der Waals surface area (Å²) in [6, 6.07) is 0. The number of hydrogen-bond acceptors (Lipinski definition) is 0. The molecule has 1 aliphatic carbocycles. The SMILES string of the molecule is CC1(C)CCCCCCC(C)(C(F)(F)F)CCC1. The van der Waals surface area contributed by atoms with E-state index in [1.54, 1.807) is 0 Å². The second kappa shape index (κ2) is 5.83. The quantitative estimate of drug-likeness (QED) is 0.495. The fourth-order valence-electron chi connectivity index (χ4n) is 2.96. The average Bonchev–Trinajstić information content (AvgIpc) is 2.23. The minimum atomic E-state index is -4.05. The lowest BCUT2D eigenvalue weighted by atomic mass is 9.77. The Morgan fingerprint density at radius 3 is 1.67 bits per heavy atom. The van der Waals surface area contributed by atoms with Crippen molar-refractivity contribution in [1.29, 1.82) is 0 Å². The molecule has 1 rings (SSSR count). The standard InChI is InChI=1S/C15H27F3/c1-13(2)9-6-4-5-7-11-14(3,12-8-10-13)15(16,17)18/h4-12H2,1-3H3. The molecule has 3 heteroatoms. The van der Waals surface area contributed by atoms with Crippen LogP contribution in [0.4, 0.5) is 13.2 Å². The first-order valence-electron chi connectivity index (χ1n) is 7.23. The lowest BCUT2D eigenvalue weighted by molar-refractivity contribution is -0.223. The molecule has 1 atom stereocenters. The Hall–Kier alpha value is -0.210. The van der Waals surface area contributed by atoms with Gasteiger partial charge < -0.3 is 0 Å². The third-order valence-electron chi connectivity index (χ3n) is 4.60. The summed E-state index contributed by atoms with van der Waals surface area (Å²) < 4.78 is 39.5. The number of rotatable bonds is 0. The summed E-state index contributed by atoms with van der Waals surface area (Å²) in [6.07, 6.45) is 3.21. The zero-order chi connectivity index (χ0) is 13.9. The Balaban J connectivity index is 2.71. The third-order valence-corrected chi connectivity index (χ3v) is 4.60. The molecule has 0 aromatic carbocycles. The molecule has 0 nitrogen and oxygen atoms in total. The van der Waals surface area contributed by atoms with Gasteiger partial charge in [-0.3, -0.25) is 0 Å². The molecule has 1 unspecified atom stereocenters. The third kappa shape index (κ3) is 4.47.